The molecule has 2 N–H and O–H groups in total. The zero-order chi connectivity index (χ0) is 18.2. The summed E-state index contributed by atoms with van der Waals surface area (Å²) >= 11 is 0. The van der Waals surface area contributed by atoms with Gasteiger partial charge in [-0.3, -0.25) is 0 Å². The van der Waals surface area contributed by atoms with Gasteiger partial charge in [0.05, 0.1) is 5.70 Å². The molecule has 0 bridgehead atoms. The average Bonchev–Trinajstić information content (AvgIpc) is 2.60. The molecule has 0 aliphatic heterocycles. The van der Waals surface area contributed by atoms with Crippen molar-refractivity contribution in [3.8, 4) is 5.75 Å². The lowest BCUT2D eigenvalue weighted by Crippen LogP contribution is -2.05. The van der Waals surface area contributed by atoms with Gasteiger partial charge in [0.1, 0.15) is 17.2 Å². The van der Waals surface area contributed by atoms with E-state index < -0.39 is 12.6 Å². The number of phenols is 1. The number of azo groups is 1. The third-order valence-corrected chi connectivity index (χ3v) is 3.24. The Balaban J connectivity index is 2.14. The van der Waals surface area contributed by atoms with Gasteiger partial charge in [0.25, 0.3) is 0 Å². The van der Waals surface area contributed by atoms with Gasteiger partial charge in [-0.2, -0.15) is 5.11 Å². The van der Waals surface area contributed by atoms with E-state index in [4.69, 9.17) is 9.84 Å². The molecule has 0 radical (unpaired) electrons. The van der Waals surface area contributed by atoms with Crippen molar-refractivity contribution in [3.63, 3.8) is 0 Å². The highest BCUT2D eigenvalue weighted by molar-refractivity contribution is 5.95. The monoisotopic (exact) mass is 338 g/mol. The molecule has 0 atom stereocenters. The predicted molar refractivity (Wildman–Crippen MR) is 95.8 cm³/mol. The molecular weight excluding hydrogens is 320 g/mol. The van der Waals surface area contributed by atoms with Crippen molar-refractivity contribution >= 4 is 22.4 Å². The summed E-state index contributed by atoms with van der Waals surface area (Å²) in [5.74, 6) is -0.650. The number of ether oxygens (including phenoxy) is 1. The third kappa shape index (κ3) is 5.04. The fraction of sp³-hybridized carbons (Fsp3) is 0.105. The van der Waals surface area contributed by atoms with Crippen molar-refractivity contribution in [2.45, 2.75) is 6.92 Å². The third-order valence-electron chi connectivity index (χ3n) is 3.24. The van der Waals surface area contributed by atoms with E-state index in [9.17, 15) is 9.90 Å². The standard InChI is InChI=1S/C19H18N2O4/c1-3-15(25-12-18(23)24)10-8-13(2)20-21-19-16-7-5-4-6-14(16)9-11-17(19)22/h3-11,22H,2,12H2,1H3,(H,23,24)/b10-8-,15-3+,21-20?. The lowest BCUT2D eigenvalue weighted by Gasteiger charge is -2.04. The second kappa shape index (κ2) is 8.44. The molecule has 2 rings (SSSR count). The Labute approximate surface area is 145 Å². The van der Waals surface area contributed by atoms with Gasteiger partial charge < -0.3 is 14.9 Å². The van der Waals surface area contributed by atoms with E-state index in [-0.39, 0.29) is 5.75 Å². The Morgan fingerprint density at radius 1 is 1.24 bits per heavy atom. The molecule has 6 nitrogen and oxygen atoms in total. The van der Waals surface area contributed by atoms with Crippen LogP contribution in [0.15, 0.2) is 82.9 Å². The largest absolute Gasteiger partial charge is 0.506 e. The summed E-state index contributed by atoms with van der Waals surface area (Å²) in [6, 6.07) is 10.9. The number of carboxylic acid groups (broad SMARTS) is 1. The maximum absolute atomic E-state index is 10.5. The first-order chi connectivity index (χ1) is 12.0. The van der Waals surface area contributed by atoms with Crippen LogP contribution in [-0.2, 0) is 9.53 Å². The first kappa shape index (κ1) is 17.9. The molecule has 0 fully saturated rings. The summed E-state index contributed by atoms with van der Waals surface area (Å²) in [5, 5.41) is 28.4. The number of allylic oxidation sites excluding steroid dienone is 3. The Kier molecular flexibility index (Phi) is 6.06. The zero-order valence-corrected chi connectivity index (χ0v) is 13.7. The summed E-state index contributed by atoms with van der Waals surface area (Å²) in [6.45, 7) is 5.05. The highest BCUT2D eigenvalue weighted by Gasteiger charge is 2.05. The van der Waals surface area contributed by atoms with Crippen LogP contribution in [0.25, 0.3) is 10.8 Å². The van der Waals surface area contributed by atoms with Crippen LogP contribution < -0.4 is 0 Å². The molecule has 25 heavy (non-hydrogen) atoms. The number of carboxylic acids is 1. The molecule has 0 aromatic heterocycles. The lowest BCUT2D eigenvalue weighted by atomic mass is 10.1. The number of benzene rings is 2. The number of fused-ring (bicyclic) bond motifs is 1. The van der Waals surface area contributed by atoms with E-state index in [0.717, 1.165) is 10.8 Å². The minimum atomic E-state index is -1.06. The van der Waals surface area contributed by atoms with Crippen LogP contribution in [0.1, 0.15) is 6.92 Å². The van der Waals surface area contributed by atoms with Gasteiger partial charge in [0, 0.05) is 5.39 Å². The summed E-state index contributed by atoms with van der Waals surface area (Å²) in [4.78, 5) is 10.5. The van der Waals surface area contributed by atoms with Crippen molar-refractivity contribution in [3.05, 3.63) is 72.7 Å². The number of rotatable bonds is 7. The van der Waals surface area contributed by atoms with Crippen molar-refractivity contribution in [2.75, 3.05) is 6.61 Å². The summed E-state index contributed by atoms with van der Waals surface area (Å²) in [7, 11) is 0. The Hall–Kier alpha value is -3.41. The van der Waals surface area contributed by atoms with Gasteiger partial charge in [-0.1, -0.05) is 36.9 Å². The van der Waals surface area contributed by atoms with Gasteiger partial charge in [-0.15, -0.1) is 5.11 Å². The van der Waals surface area contributed by atoms with Gasteiger partial charge in [-0.05, 0) is 36.6 Å². The number of phenolic OH excluding ortho intramolecular Hbond substituents is 1. The topological polar surface area (TPSA) is 91.5 Å². The van der Waals surface area contributed by atoms with E-state index in [2.05, 4.69) is 16.8 Å². The van der Waals surface area contributed by atoms with Crippen molar-refractivity contribution in [1.29, 1.82) is 0 Å². The normalized spacial score (nSPS) is 12.1. The fourth-order valence-corrected chi connectivity index (χ4v) is 2.05. The summed E-state index contributed by atoms with van der Waals surface area (Å²) < 4.78 is 5.06. The number of hydrogen-bond donors (Lipinski definition) is 2. The van der Waals surface area contributed by atoms with E-state index in [1.54, 1.807) is 37.3 Å². The first-order valence-electron chi connectivity index (χ1n) is 7.51. The molecule has 2 aromatic rings. The lowest BCUT2D eigenvalue weighted by molar-refractivity contribution is -0.140. The molecule has 0 aliphatic rings. The van der Waals surface area contributed by atoms with Gasteiger partial charge in [-0.25, -0.2) is 4.79 Å². The maximum Gasteiger partial charge on any atom is 0.341 e. The van der Waals surface area contributed by atoms with E-state index >= 15 is 0 Å². The number of carbonyl (C=O) groups is 1. The number of hydrogen-bond acceptors (Lipinski definition) is 5. The molecule has 0 heterocycles. The second-order valence-electron chi connectivity index (χ2n) is 5.05. The number of aromatic hydroxyl groups is 1. The average molecular weight is 338 g/mol. The number of nitrogens with zero attached hydrogens (tertiary/aromatic N) is 2. The highest BCUT2D eigenvalue weighted by Crippen LogP contribution is 2.35. The van der Waals surface area contributed by atoms with Crippen molar-refractivity contribution in [2.24, 2.45) is 10.2 Å². The predicted octanol–water partition coefficient (Wildman–Crippen LogP) is 4.70. The van der Waals surface area contributed by atoms with Crippen LogP contribution in [-0.4, -0.2) is 22.8 Å². The van der Waals surface area contributed by atoms with Crippen molar-refractivity contribution in [1.82, 2.24) is 0 Å². The molecule has 0 unspecified atom stereocenters. The van der Waals surface area contributed by atoms with Crippen LogP contribution in [0, 0.1) is 0 Å². The van der Waals surface area contributed by atoms with E-state index in [0.29, 0.717) is 17.1 Å². The fourth-order valence-electron chi connectivity index (χ4n) is 2.05. The Bertz CT molecular complexity index is 882. The van der Waals surface area contributed by atoms with Crippen LogP contribution in [0.3, 0.4) is 0 Å². The van der Waals surface area contributed by atoms with Crippen LogP contribution in [0.2, 0.25) is 0 Å². The molecule has 0 amide bonds. The summed E-state index contributed by atoms with van der Waals surface area (Å²) in [5.41, 5.74) is 0.687. The maximum atomic E-state index is 10.5. The van der Waals surface area contributed by atoms with Crippen LogP contribution in [0.5, 0.6) is 5.75 Å². The van der Waals surface area contributed by atoms with Gasteiger partial charge in [0.2, 0.25) is 0 Å². The van der Waals surface area contributed by atoms with Crippen LogP contribution in [0.4, 0.5) is 5.69 Å². The smallest absolute Gasteiger partial charge is 0.341 e. The second-order valence-corrected chi connectivity index (χ2v) is 5.05. The van der Waals surface area contributed by atoms with E-state index in [1.165, 1.54) is 0 Å². The Morgan fingerprint density at radius 2 is 2.00 bits per heavy atom. The molecule has 6 heteroatoms. The molecule has 0 aliphatic carbocycles. The molecule has 128 valence electrons. The first-order valence-corrected chi connectivity index (χ1v) is 7.51. The zero-order valence-electron chi connectivity index (χ0n) is 13.7. The van der Waals surface area contributed by atoms with Crippen molar-refractivity contribution < 1.29 is 19.7 Å². The Morgan fingerprint density at radius 3 is 2.72 bits per heavy atom. The van der Waals surface area contributed by atoms with E-state index in [1.807, 2.05) is 24.3 Å². The molecular formula is C19H18N2O4. The SMILES string of the molecule is C=C(/C=C\C(=C/C)OCC(=O)O)N=Nc1c(O)ccc2ccccc12. The quantitative estimate of drug-likeness (QED) is 0.435. The molecule has 0 spiro atoms. The highest BCUT2D eigenvalue weighted by atomic mass is 16.5. The minimum absolute atomic E-state index is 0.0261. The van der Waals surface area contributed by atoms with Crippen LogP contribution >= 0.6 is 0 Å². The minimum Gasteiger partial charge on any atom is -0.506 e. The summed E-state index contributed by atoms with van der Waals surface area (Å²) in [6.07, 6.45) is 4.72. The molecule has 2 aromatic carbocycles. The molecule has 0 saturated carbocycles. The number of aliphatic carboxylic acids is 1. The molecule has 0 saturated heterocycles. The van der Waals surface area contributed by atoms with Gasteiger partial charge in [0.15, 0.2) is 6.61 Å². The van der Waals surface area contributed by atoms with Gasteiger partial charge >= 0.3 is 5.97 Å².